The second kappa shape index (κ2) is 7.81. The van der Waals surface area contributed by atoms with Gasteiger partial charge in [-0.25, -0.2) is 0 Å². The van der Waals surface area contributed by atoms with E-state index < -0.39 is 69.8 Å². The molecule has 0 spiro atoms. The van der Waals surface area contributed by atoms with Gasteiger partial charge in [-0.05, 0) is 43.6 Å². The molecule has 12 nitrogen and oxygen atoms in total. The summed E-state index contributed by atoms with van der Waals surface area (Å²) in [6.07, 6.45) is -0.323. The molecular formula is C22H25NO11. The normalized spacial score (nSPS) is 21.7. The number of fused-ring (bicyclic) bond motifs is 1. The number of benzene rings is 2. The summed E-state index contributed by atoms with van der Waals surface area (Å²) in [6.45, 7) is 0.157. The highest BCUT2D eigenvalue weighted by Crippen LogP contribution is 2.51. The van der Waals surface area contributed by atoms with Gasteiger partial charge in [0, 0.05) is 24.4 Å². The van der Waals surface area contributed by atoms with Crippen LogP contribution in [0.4, 0.5) is 0 Å². The predicted molar refractivity (Wildman–Crippen MR) is 113 cm³/mol. The average molecular weight is 479 g/mol. The van der Waals surface area contributed by atoms with E-state index in [-0.39, 0.29) is 49.2 Å². The average Bonchev–Trinajstić information content (AvgIpc) is 3.05. The van der Waals surface area contributed by atoms with E-state index in [4.69, 9.17) is 0 Å². The molecule has 0 saturated carbocycles. The molecule has 0 amide bonds. The number of hydrogen-bond acceptors (Lipinski definition) is 12. The molecule has 0 bridgehead atoms. The predicted octanol–water partition coefficient (Wildman–Crippen LogP) is -0.311. The van der Waals surface area contributed by atoms with Crippen molar-refractivity contribution in [1.29, 1.82) is 0 Å². The van der Waals surface area contributed by atoms with Gasteiger partial charge in [-0.15, -0.1) is 0 Å². The number of piperidine rings is 1. The summed E-state index contributed by atoms with van der Waals surface area (Å²) in [7, 11) is 0. The Hall–Kier alpha value is -3.45. The lowest BCUT2D eigenvalue weighted by atomic mass is 9.76. The van der Waals surface area contributed by atoms with Crippen LogP contribution < -0.4 is 0 Å². The van der Waals surface area contributed by atoms with E-state index in [1.165, 1.54) is 0 Å². The molecule has 0 aromatic heterocycles. The van der Waals surface area contributed by atoms with E-state index >= 15 is 0 Å². The van der Waals surface area contributed by atoms with Crippen LogP contribution in [-0.2, 0) is 13.0 Å². The summed E-state index contributed by atoms with van der Waals surface area (Å²) >= 11 is 0. The van der Waals surface area contributed by atoms with Gasteiger partial charge in [0.2, 0.25) is 28.8 Å². The van der Waals surface area contributed by atoms with Gasteiger partial charge in [-0.2, -0.15) is 0 Å². The number of rotatable bonds is 4. The molecule has 1 fully saturated rings. The van der Waals surface area contributed by atoms with Crippen molar-refractivity contribution < 1.29 is 55.9 Å². The zero-order valence-corrected chi connectivity index (χ0v) is 17.8. The summed E-state index contributed by atoms with van der Waals surface area (Å²) in [5, 5.41) is 101. The number of ketones is 1. The lowest BCUT2D eigenvalue weighted by Crippen LogP contribution is -2.63. The molecule has 4 rings (SSSR count). The second-order valence-corrected chi connectivity index (χ2v) is 8.86. The van der Waals surface area contributed by atoms with Crippen LogP contribution in [0.2, 0.25) is 0 Å². The van der Waals surface area contributed by atoms with Gasteiger partial charge < -0.3 is 51.1 Å². The van der Waals surface area contributed by atoms with Crippen molar-refractivity contribution in [2.75, 3.05) is 13.1 Å². The second-order valence-electron chi connectivity index (χ2n) is 8.86. The molecule has 1 atom stereocenters. The first-order valence-corrected chi connectivity index (χ1v) is 10.5. The fraction of sp³-hybridized carbons (Fsp3) is 0.409. The third-order valence-electron chi connectivity index (χ3n) is 6.88. The van der Waals surface area contributed by atoms with Crippen molar-refractivity contribution in [3.63, 3.8) is 0 Å². The summed E-state index contributed by atoms with van der Waals surface area (Å²) in [5.74, 6) is -10.6. The molecule has 0 radical (unpaired) electrons. The number of phenolic OH excluding ortho intramolecular Hbond substituents is 7. The SMILES string of the molecule is O=C1c2cc(O)c(O)cc2CC1(O)C(O)(O)C1CCN(Cc2c(O)c(O)c(O)c(O)c2O)CC1. The molecule has 2 aromatic carbocycles. The van der Waals surface area contributed by atoms with E-state index in [0.717, 1.165) is 12.1 Å². The Morgan fingerprint density at radius 1 is 0.853 bits per heavy atom. The molecule has 1 unspecified atom stereocenters. The molecule has 184 valence electrons. The smallest absolute Gasteiger partial charge is 0.208 e. The molecule has 1 aliphatic carbocycles. The number of aromatic hydroxyl groups is 7. The fourth-order valence-electron chi connectivity index (χ4n) is 4.79. The van der Waals surface area contributed by atoms with Crippen LogP contribution in [0.15, 0.2) is 12.1 Å². The maximum absolute atomic E-state index is 12.8. The number of Topliss-reactive ketones (excluding diaryl/α,β-unsaturated/α-hetero) is 1. The molecule has 34 heavy (non-hydrogen) atoms. The summed E-state index contributed by atoms with van der Waals surface area (Å²) in [4.78, 5) is 14.5. The van der Waals surface area contributed by atoms with E-state index in [1.54, 1.807) is 4.90 Å². The van der Waals surface area contributed by atoms with Crippen LogP contribution >= 0.6 is 0 Å². The number of hydrogen-bond donors (Lipinski definition) is 10. The van der Waals surface area contributed by atoms with E-state index in [9.17, 15) is 55.9 Å². The standard InChI is InChI=1S/C22H25NO11/c24-13-5-9-7-21(32,20(31)11(9)6-14(13)25)22(33,34)10-1-3-23(4-2-10)8-12-15(26)17(28)19(30)18(29)16(12)27/h5-6,10,24-30,32-34H,1-4,7-8H2. The Bertz CT molecular complexity index is 1140. The highest BCUT2D eigenvalue weighted by atomic mass is 16.5. The van der Waals surface area contributed by atoms with Gasteiger partial charge in [0.25, 0.3) is 0 Å². The summed E-state index contributed by atoms with van der Waals surface area (Å²) in [5.41, 5.74) is -2.82. The van der Waals surface area contributed by atoms with Crippen molar-refractivity contribution in [3.05, 3.63) is 28.8 Å². The Kier molecular flexibility index (Phi) is 5.44. The maximum Gasteiger partial charge on any atom is 0.208 e. The lowest BCUT2D eigenvalue weighted by Gasteiger charge is -2.44. The van der Waals surface area contributed by atoms with Crippen LogP contribution in [0.1, 0.15) is 34.3 Å². The Balaban J connectivity index is 1.50. The van der Waals surface area contributed by atoms with Gasteiger partial charge in [0.1, 0.15) is 0 Å². The topological polar surface area (TPSA) is 223 Å². The number of carbonyl (C=O) groups is 1. The van der Waals surface area contributed by atoms with E-state index in [1.807, 2.05) is 0 Å². The summed E-state index contributed by atoms with van der Waals surface area (Å²) < 4.78 is 0. The fourth-order valence-corrected chi connectivity index (χ4v) is 4.79. The molecule has 1 saturated heterocycles. The molecule has 10 N–H and O–H groups in total. The minimum Gasteiger partial charge on any atom is -0.504 e. The molecule has 2 aromatic rings. The van der Waals surface area contributed by atoms with Crippen LogP contribution in [0.5, 0.6) is 40.2 Å². The first-order valence-electron chi connectivity index (χ1n) is 10.5. The third-order valence-corrected chi connectivity index (χ3v) is 6.88. The van der Waals surface area contributed by atoms with Crippen LogP contribution in [0.25, 0.3) is 0 Å². The Morgan fingerprint density at radius 3 is 1.91 bits per heavy atom. The number of nitrogens with zero attached hydrogens (tertiary/aromatic N) is 1. The molecule has 1 heterocycles. The monoisotopic (exact) mass is 479 g/mol. The number of phenols is 7. The Labute approximate surface area is 192 Å². The molecule has 1 aliphatic heterocycles. The van der Waals surface area contributed by atoms with Gasteiger partial charge in [0.05, 0.1) is 5.56 Å². The molecule has 2 aliphatic rings. The first-order chi connectivity index (χ1) is 15.8. The molecule has 12 heteroatoms. The minimum absolute atomic E-state index is 0.0764. The quantitative estimate of drug-likeness (QED) is 0.155. The largest absolute Gasteiger partial charge is 0.504 e. The van der Waals surface area contributed by atoms with Crippen LogP contribution in [-0.4, -0.2) is 86.2 Å². The zero-order chi connectivity index (χ0) is 25.2. The van der Waals surface area contributed by atoms with Crippen molar-refractivity contribution in [2.24, 2.45) is 5.92 Å². The van der Waals surface area contributed by atoms with E-state index in [0.29, 0.717) is 0 Å². The first kappa shape index (κ1) is 23.7. The lowest BCUT2D eigenvalue weighted by molar-refractivity contribution is -0.287. The summed E-state index contributed by atoms with van der Waals surface area (Å²) in [6, 6.07) is 2.05. The van der Waals surface area contributed by atoms with Crippen molar-refractivity contribution in [2.45, 2.75) is 37.2 Å². The third kappa shape index (κ3) is 3.34. The highest BCUT2D eigenvalue weighted by molar-refractivity contribution is 6.08. The van der Waals surface area contributed by atoms with Gasteiger partial charge in [-0.3, -0.25) is 9.69 Å². The number of likely N-dealkylation sites (tertiary alicyclic amines) is 1. The van der Waals surface area contributed by atoms with Crippen LogP contribution in [0, 0.1) is 5.92 Å². The van der Waals surface area contributed by atoms with Gasteiger partial charge in [-0.1, -0.05) is 0 Å². The van der Waals surface area contributed by atoms with Gasteiger partial charge >= 0.3 is 0 Å². The zero-order valence-electron chi connectivity index (χ0n) is 17.8. The van der Waals surface area contributed by atoms with Crippen molar-refractivity contribution in [3.8, 4) is 40.2 Å². The molecular weight excluding hydrogens is 454 g/mol. The van der Waals surface area contributed by atoms with Gasteiger partial charge in [0.15, 0.2) is 28.6 Å². The number of aliphatic hydroxyl groups is 3. The van der Waals surface area contributed by atoms with Crippen LogP contribution in [0.3, 0.4) is 0 Å². The maximum atomic E-state index is 12.8. The van der Waals surface area contributed by atoms with Crippen molar-refractivity contribution in [1.82, 2.24) is 4.90 Å². The van der Waals surface area contributed by atoms with E-state index in [2.05, 4.69) is 0 Å². The highest BCUT2D eigenvalue weighted by Gasteiger charge is 2.61. The Morgan fingerprint density at radius 2 is 1.35 bits per heavy atom. The van der Waals surface area contributed by atoms with Crippen molar-refractivity contribution >= 4 is 5.78 Å². The minimum atomic E-state index is -2.85. The number of carbonyl (C=O) groups excluding carboxylic acids is 1.